The minimum atomic E-state index is 0.638. The van der Waals surface area contributed by atoms with Gasteiger partial charge >= 0.3 is 0 Å². The number of nitrogens with zero attached hydrogens (tertiary/aromatic N) is 3. The summed E-state index contributed by atoms with van der Waals surface area (Å²) in [6, 6.07) is 18.7. The Kier molecular flexibility index (Phi) is 6.07. The molecule has 2 aromatic carbocycles. The van der Waals surface area contributed by atoms with Crippen LogP contribution in [0.1, 0.15) is 50.2 Å². The normalized spacial score (nSPS) is 16.8. The molecule has 2 aliphatic heterocycles. The van der Waals surface area contributed by atoms with E-state index in [1.54, 1.807) is 5.56 Å². The maximum Gasteiger partial charge on any atom is 0.0483 e. The molecule has 0 unspecified atom stereocenters. The van der Waals surface area contributed by atoms with E-state index in [1.807, 2.05) is 0 Å². The number of aromatic nitrogens is 2. The first kappa shape index (κ1) is 22.2. The van der Waals surface area contributed by atoms with E-state index in [-0.39, 0.29) is 0 Å². The molecule has 6 rings (SSSR count). The second-order valence-electron chi connectivity index (χ2n) is 10.3. The molecule has 2 aliphatic rings. The lowest BCUT2D eigenvalue weighted by molar-refractivity contribution is 0.199. The van der Waals surface area contributed by atoms with Crippen LogP contribution in [0, 0.1) is 0 Å². The van der Waals surface area contributed by atoms with Gasteiger partial charge in [-0.25, -0.2) is 0 Å². The molecule has 4 aromatic rings. The lowest BCUT2D eigenvalue weighted by Crippen LogP contribution is -2.36. The third kappa shape index (κ3) is 4.11. The van der Waals surface area contributed by atoms with Gasteiger partial charge in [0.2, 0.25) is 0 Å². The second kappa shape index (κ2) is 9.00. The van der Waals surface area contributed by atoms with E-state index in [9.17, 15) is 0 Å². The van der Waals surface area contributed by atoms with Gasteiger partial charge in [0.25, 0.3) is 0 Å². The largest absolute Gasteiger partial charge is 0.357 e. The minimum absolute atomic E-state index is 0.638. The molecular formula is C29H38N4. The highest BCUT2D eigenvalue weighted by atomic mass is 15.2. The third-order valence-corrected chi connectivity index (χ3v) is 7.72. The molecule has 0 spiro atoms. The van der Waals surface area contributed by atoms with Gasteiger partial charge in [0, 0.05) is 78.5 Å². The number of H-pyrrole nitrogens is 1. The third-order valence-electron chi connectivity index (χ3n) is 7.72. The number of benzene rings is 2. The zero-order valence-corrected chi connectivity index (χ0v) is 20.9. The van der Waals surface area contributed by atoms with E-state index in [0.29, 0.717) is 12.1 Å². The Balaban J connectivity index is 0.000000139. The number of aryl methyl sites for hydroxylation is 1. The van der Waals surface area contributed by atoms with Crippen molar-refractivity contribution in [3.05, 3.63) is 71.0 Å². The average Bonchev–Trinajstić information content (AvgIpc) is 3.34. The Morgan fingerprint density at radius 3 is 2.06 bits per heavy atom. The molecule has 0 aliphatic carbocycles. The molecule has 0 amide bonds. The number of hydrogen-bond acceptors (Lipinski definition) is 2. The van der Waals surface area contributed by atoms with Crippen molar-refractivity contribution in [2.45, 2.75) is 65.7 Å². The van der Waals surface area contributed by atoms with Crippen LogP contribution in [0.15, 0.2) is 48.5 Å². The summed E-state index contributed by atoms with van der Waals surface area (Å²) in [5.74, 6) is 0. The molecule has 0 saturated heterocycles. The molecule has 0 bridgehead atoms. The van der Waals surface area contributed by atoms with E-state index >= 15 is 0 Å². The smallest absolute Gasteiger partial charge is 0.0483 e. The number of hydrogen-bond donors (Lipinski definition) is 1. The van der Waals surface area contributed by atoms with Crippen LogP contribution >= 0.6 is 0 Å². The molecule has 1 N–H and O–H groups in total. The molecule has 0 fully saturated rings. The summed E-state index contributed by atoms with van der Waals surface area (Å²) in [4.78, 5) is 8.64. The summed E-state index contributed by atoms with van der Waals surface area (Å²) in [6.45, 7) is 13.7. The first-order valence-corrected chi connectivity index (χ1v) is 12.6. The van der Waals surface area contributed by atoms with Crippen LogP contribution in [0.3, 0.4) is 0 Å². The van der Waals surface area contributed by atoms with Gasteiger partial charge in [0.15, 0.2) is 0 Å². The fourth-order valence-corrected chi connectivity index (χ4v) is 5.63. The molecule has 0 radical (unpaired) electrons. The summed E-state index contributed by atoms with van der Waals surface area (Å²) < 4.78 is 2.37. The van der Waals surface area contributed by atoms with Crippen molar-refractivity contribution >= 4 is 21.8 Å². The Morgan fingerprint density at radius 2 is 1.33 bits per heavy atom. The minimum Gasteiger partial charge on any atom is -0.357 e. The summed E-state index contributed by atoms with van der Waals surface area (Å²) in [6.07, 6.45) is 2.37. The maximum absolute atomic E-state index is 3.56. The highest BCUT2D eigenvalue weighted by Gasteiger charge is 2.24. The second-order valence-corrected chi connectivity index (χ2v) is 10.3. The van der Waals surface area contributed by atoms with Crippen LogP contribution in [-0.4, -0.2) is 44.5 Å². The fourth-order valence-electron chi connectivity index (χ4n) is 5.63. The maximum atomic E-state index is 3.56. The summed E-state index contributed by atoms with van der Waals surface area (Å²) in [5.41, 5.74) is 8.70. The van der Waals surface area contributed by atoms with Crippen molar-refractivity contribution in [2.75, 3.05) is 13.1 Å². The number of aromatic amines is 1. The van der Waals surface area contributed by atoms with Gasteiger partial charge in [0.05, 0.1) is 0 Å². The Morgan fingerprint density at radius 1 is 0.727 bits per heavy atom. The number of rotatable bonds is 2. The summed E-state index contributed by atoms with van der Waals surface area (Å²) >= 11 is 0. The predicted octanol–water partition coefficient (Wildman–Crippen LogP) is 5.88. The van der Waals surface area contributed by atoms with Crippen LogP contribution in [-0.2, 0) is 33.0 Å². The summed E-state index contributed by atoms with van der Waals surface area (Å²) in [5, 5.41) is 2.87. The molecule has 4 heteroatoms. The highest BCUT2D eigenvalue weighted by molar-refractivity contribution is 5.86. The van der Waals surface area contributed by atoms with E-state index in [4.69, 9.17) is 0 Å². The number of nitrogens with one attached hydrogen (secondary N) is 1. The van der Waals surface area contributed by atoms with Crippen LogP contribution in [0.4, 0.5) is 0 Å². The molecule has 0 saturated carbocycles. The first-order valence-electron chi connectivity index (χ1n) is 12.6. The van der Waals surface area contributed by atoms with Crippen LogP contribution < -0.4 is 0 Å². The molecule has 33 heavy (non-hydrogen) atoms. The average molecular weight is 443 g/mol. The van der Waals surface area contributed by atoms with Crippen molar-refractivity contribution in [2.24, 2.45) is 7.05 Å². The van der Waals surface area contributed by atoms with Gasteiger partial charge < -0.3 is 9.55 Å². The molecular weight excluding hydrogens is 404 g/mol. The Hall–Kier alpha value is -2.56. The molecule has 174 valence electrons. The van der Waals surface area contributed by atoms with Crippen LogP contribution in [0.5, 0.6) is 0 Å². The van der Waals surface area contributed by atoms with Crippen molar-refractivity contribution < 1.29 is 0 Å². The van der Waals surface area contributed by atoms with Gasteiger partial charge in [-0.15, -0.1) is 0 Å². The highest BCUT2D eigenvalue weighted by Crippen LogP contribution is 2.30. The van der Waals surface area contributed by atoms with E-state index in [0.717, 1.165) is 13.1 Å². The first-order chi connectivity index (χ1) is 15.9. The van der Waals surface area contributed by atoms with Gasteiger partial charge in [-0.3, -0.25) is 9.80 Å². The van der Waals surface area contributed by atoms with Crippen molar-refractivity contribution in [1.29, 1.82) is 0 Å². The summed E-state index contributed by atoms with van der Waals surface area (Å²) in [7, 11) is 2.20. The Bertz CT molecular complexity index is 1260. The van der Waals surface area contributed by atoms with Crippen molar-refractivity contribution in [3.63, 3.8) is 0 Å². The van der Waals surface area contributed by atoms with Gasteiger partial charge in [-0.2, -0.15) is 0 Å². The Labute approximate surface area is 198 Å². The lowest BCUT2D eigenvalue weighted by atomic mass is 10.0. The van der Waals surface area contributed by atoms with Crippen molar-refractivity contribution in [1.82, 2.24) is 19.4 Å². The lowest BCUT2D eigenvalue weighted by Gasteiger charge is -2.31. The zero-order chi connectivity index (χ0) is 23.1. The van der Waals surface area contributed by atoms with E-state index in [2.05, 4.69) is 103 Å². The zero-order valence-electron chi connectivity index (χ0n) is 20.9. The SMILES string of the molecule is CC(C)N1CCc2c([nH]c3ccccc23)C1.CC(C)N1CCc2c(n(C)c3ccccc23)C1. The quantitative estimate of drug-likeness (QED) is 0.420. The van der Waals surface area contributed by atoms with E-state index in [1.165, 1.54) is 64.7 Å². The molecule has 4 nitrogen and oxygen atoms in total. The van der Waals surface area contributed by atoms with Crippen LogP contribution in [0.25, 0.3) is 21.8 Å². The number of fused-ring (bicyclic) bond motifs is 6. The topological polar surface area (TPSA) is 27.2 Å². The van der Waals surface area contributed by atoms with E-state index < -0.39 is 0 Å². The standard InChI is InChI=1S/C15H20N2.C14H18N2/c1-11(2)17-9-8-13-12-6-4-5-7-14(12)16(3)15(13)10-17;1-10(2)16-8-7-12-11-5-3-4-6-13(11)15-14(12)9-16/h4-7,11H,8-10H2,1-3H3;3-6,10,15H,7-9H2,1-2H3. The fraction of sp³-hybridized carbons (Fsp3) is 0.448. The van der Waals surface area contributed by atoms with Crippen LogP contribution in [0.2, 0.25) is 0 Å². The molecule has 0 atom stereocenters. The monoisotopic (exact) mass is 442 g/mol. The molecule has 2 aromatic heterocycles. The van der Waals surface area contributed by atoms with Gasteiger partial charge in [0.1, 0.15) is 0 Å². The van der Waals surface area contributed by atoms with Crippen molar-refractivity contribution in [3.8, 4) is 0 Å². The predicted molar refractivity (Wildman–Crippen MR) is 140 cm³/mol. The molecule has 4 heterocycles. The number of para-hydroxylation sites is 2. The van der Waals surface area contributed by atoms with Gasteiger partial charge in [-0.05, 0) is 63.8 Å². The van der Waals surface area contributed by atoms with Gasteiger partial charge in [-0.1, -0.05) is 36.4 Å².